The minimum Gasteiger partial charge on any atom is -0.253 e. The van der Waals surface area contributed by atoms with Crippen molar-refractivity contribution < 1.29 is 4.21 Å². The lowest BCUT2D eigenvalue weighted by Gasteiger charge is -2.02. The van der Waals surface area contributed by atoms with E-state index in [4.69, 9.17) is 16.9 Å². The van der Waals surface area contributed by atoms with Gasteiger partial charge < -0.3 is 0 Å². The van der Waals surface area contributed by atoms with E-state index in [2.05, 4.69) is 0 Å². The van der Waals surface area contributed by atoms with E-state index >= 15 is 0 Å². The lowest BCUT2D eigenvalue weighted by Crippen LogP contribution is -2.07. The van der Waals surface area contributed by atoms with Gasteiger partial charge in [-0.3, -0.25) is 4.21 Å². The number of nitrogens with zero attached hydrogens (tertiary/aromatic N) is 1. The highest BCUT2D eigenvalue weighted by molar-refractivity contribution is 7.86. The van der Waals surface area contributed by atoms with Gasteiger partial charge in [-0.25, -0.2) is 0 Å². The van der Waals surface area contributed by atoms with Crippen LogP contribution in [0.25, 0.3) is 0 Å². The van der Waals surface area contributed by atoms with Crippen LogP contribution < -0.4 is 0 Å². The van der Waals surface area contributed by atoms with Crippen molar-refractivity contribution in [2.75, 3.05) is 0 Å². The lowest BCUT2D eigenvalue weighted by atomic mass is 10.4. The zero-order valence-corrected chi connectivity index (χ0v) is 8.60. The van der Waals surface area contributed by atoms with Gasteiger partial charge in [0, 0.05) is 9.92 Å². The smallest absolute Gasteiger partial charge is 0.123 e. The Hall–Kier alpha value is -0.850. The molecule has 0 saturated heterocycles. The highest BCUT2D eigenvalue weighted by Gasteiger charge is 2.11. The molecular formula is C9H8ClNOS. The van der Waals surface area contributed by atoms with Gasteiger partial charge in [-0.2, -0.15) is 5.26 Å². The van der Waals surface area contributed by atoms with Crippen LogP contribution in [0.3, 0.4) is 0 Å². The van der Waals surface area contributed by atoms with E-state index in [0.29, 0.717) is 9.92 Å². The van der Waals surface area contributed by atoms with Gasteiger partial charge >= 0.3 is 0 Å². The summed E-state index contributed by atoms with van der Waals surface area (Å²) in [6.45, 7) is 1.62. The maximum Gasteiger partial charge on any atom is 0.123 e. The summed E-state index contributed by atoms with van der Waals surface area (Å²) in [6.07, 6.45) is 0. The topological polar surface area (TPSA) is 40.9 Å². The molecule has 0 N–H and O–H groups in total. The molecule has 0 amide bonds. The molecule has 1 aromatic carbocycles. The number of hydrogen-bond donors (Lipinski definition) is 0. The molecule has 2 unspecified atom stereocenters. The Balaban J connectivity index is 2.97. The molecule has 0 radical (unpaired) electrons. The maximum absolute atomic E-state index is 11.6. The summed E-state index contributed by atoms with van der Waals surface area (Å²) in [4.78, 5) is 0.599. The van der Waals surface area contributed by atoms with Crippen LogP contribution in [-0.2, 0) is 10.8 Å². The summed E-state index contributed by atoms with van der Waals surface area (Å²) in [5, 5.41) is 8.60. The van der Waals surface area contributed by atoms with E-state index in [1.54, 1.807) is 31.2 Å². The molecule has 4 heteroatoms. The Morgan fingerprint density at radius 1 is 1.62 bits per heavy atom. The highest BCUT2D eigenvalue weighted by atomic mass is 35.5. The summed E-state index contributed by atoms with van der Waals surface area (Å²) in [7, 11) is -1.28. The molecule has 2 nitrogen and oxygen atoms in total. The third-order valence-corrected chi connectivity index (χ3v) is 3.23. The second kappa shape index (κ2) is 4.40. The van der Waals surface area contributed by atoms with Crippen LogP contribution in [-0.4, -0.2) is 9.46 Å². The van der Waals surface area contributed by atoms with Gasteiger partial charge in [-0.15, -0.1) is 0 Å². The first-order valence-electron chi connectivity index (χ1n) is 3.71. The first-order valence-corrected chi connectivity index (χ1v) is 5.30. The van der Waals surface area contributed by atoms with E-state index in [1.165, 1.54) is 0 Å². The quantitative estimate of drug-likeness (QED) is 0.757. The molecule has 0 aliphatic carbocycles. The number of benzene rings is 1. The summed E-state index contributed by atoms with van der Waals surface area (Å²) in [5.74, 6) is 0. The predicted molar refractivity (Wildman–Crippen MR) is 52.9 cm³/mol. The van der Waals surface area contributed by atoms with Crippen LogP contribution in [0.5, 0.6) is 0 Å². The van der Waals surface area contributed by atoms with Crippen LogP contribution in [0.2, 0.25) is 5.02 Å². The summed E-state index contributed by atoms with van der Waals surface area (Å²) >= 11 is 5.72. The fourth-order valence-corrected chi connectivity index (χ4v) is 2.06. The Labute approximate surface area is 84.6 Å². The fourth-order valence-electron chi connectivity index (χ4n) is 0.844. The number of halogens is 1. The largest absolute Gasteiger partial charge is 0.253 e. The zero-order chi connectivity index (χ0) is 9.84. The van der Waals surface area contributed by atoms with Crippen LogP contribution >= 0.6 is 11.6 Å². The van der Waals surface area contributed by atoms with Crippen molar-refractivity contribution >= 4 is 22.4 Å². The van der Waals surface area contributed by atoms with Gasteiger partial charge in [0.2, 0.25) is 0 Å². The highest BCUT2D eigenvalue weighted by Crippen LogP contribution is 2.16. The second-order valence-electron chi connectivity index (χ2n) is 2.53. The second-order valence-corrected chi connectivity index (χ2v) is 4.74. The van der Waals surface area contributed by atoms with E-state index in [1.807, 2.05) is 6.07 Å². The van der Waals surface area contributed by atoms with E-state index < -0.39 is 16.0 Å². The van der Waals surface area contributed by atoms with Gasteiger partial charge in [-0.1, -0.05) is 17.7 Å². The van der Waals surface area contributed by atoms with Gasteiger partial charge in [0.25, 0.3) is 0 Å². The monoisotopic (exact) mass is 213 g/mol. The SMILES string of the molecule is CC(C#N)S(=O)c1cccc(Cl)c1. The fraction of sp³-hybridized carbons (Fsp3) is 0.222. The molecule has 0 aliphatic heterocycles. The van der Waals surface area contributed by atoms with Crippen molar-refractivity contribution in [3.05, 3.63) is 29.3 Å². The number of hydrogen-bond acceptors (Lipinski definition) is 2. The Kier molecular flexibility index (Phi) is 3.47. The molecule has 1 rings (SSSR count). The molecule has 0 fully saturated rings. The van der Waals surface area contributed by atoms with Crippen LogP contribution in [0, 0.1) is 11.3 Å². The Morgan fingerprint density at radius 3 is 2.85 bits per heavy atom. The predicted octanol–water partition coefficient (Wildman–Crippen LogP) is 2.36. The minimum atomic E-state index is -1.28. The maximum atomic E-state index is 11.6. The molecular weight excluding hydrogens is 206 g/mol. The van der Waals surface area contributed by atoms with Crippen molar-refractivity contribution in [2.45, 2.75) is 17.1 Å². The molecule has 13 heavy (non-hydrogen) atoms. The third kappa shape index (κ3) is 2.55. The van der Waals surface area contributed by atoms with Crippen LogP contribution in [0.1, 0.15) is 6.92 Å². The average molecular weight is 214 g/mol. The van der Waals surface area contributed by atoms with Gasteiger partial charge in [0.15, 0.2) is 0 Å². The zero-order valence-electron chi connectivity index (χ0n) is 7.03. The molecule has 0 bridgehead atoms. The molecule has 0 spiro atoms. The number of rotatable bonds is 2. The standard InChI is InChI=1S/C9H8ClNOS/c1-7(6-11)13(12)9-4-2-3-8(10)5-9/h2-5,7H,1H3. The van der Waals surface area contributed by atoms with Crippen molar-refractivity contribution in [2.24, 2.45) is 0 Å². The molecule has 1 aromatic rings. The molecule has 0 saturated carbocycles. The van der Waals surface area contributed by atoms with Crippen molar-refractivity contribution in [1.29, 1.82) is 5.26 Å². The molecule has 2 atom stereocenters. The summed E-state index contributed by atoms with van der Waals surface area (Å²) in [5.41, 5.74) is 0. The molecule has 0 aromatic heterocycles. The van der Waals surface area contributed by atoms with Gasteiger partial charge in [-0.05, 0) is 25.1 Å². The first kappa shape index (κ1) is 10.2. The van der Waals surface area contributed by atoms with Gasteiger partial charge in [0.05, 0.1) is 16.9 Å². The number of nitriles is 1. The summed E-state index contributed by atoms with van der Waals surface area (Å²) in [6, 6.07) is 8.69. The third-order valence-electron chi connectivity index (χ3n) is 1.53. The molecule has 0 aliphatic rings. The molecule has 68 valence electrons. The van der Waals surface area contributed by atoms with E-state index in [-0.39, 0.29) is 0 Å². The minimum absolute atomic E-state index is 0.501. The normalized spacial score (nSPS) is 14.5. The van der Waals surface area contributed by atoms with Crippen LogP contribution in [0.4, 0.5) is 0 Å². The van der Waals surface area contributed by atoms with Crippen molar-refractivity contribution in [1.82, 2.24) is 0 Å². The Morgan fingerprint density at radius 2 is 2.31 bits per heavy atom. The van der Waals surface area contributed by atoms with Crippen LogP contribution in [0.15, 0.2) is 29.2 Å². The molecule has 0 heterocycles. The van der Waals surface area contributed by atoms with Gasteiger partial charge in [0.1, 0.15) is 5.25 Å². The lowest BCUT2D eigenvalue weighted by molar-refractivity contribution is 0.680. The first-order chi connectivity index (χ1) is 6.15. The summed E-state index contributed by atoms with van der Waals surface area (Å²) < 4.78 is 11.6. The van der Waals surface area contributed by atoms with Crippen molar-refractivity contribution in [3.63, 3.8) is 0 Å². The van der Waals surface area contributed by atoms with E-state index in [0.717, 1.165) is 0 Å². The average Bonchev–Trinajstić information content (AvgIpc) is 2.15. The van der Waals surface area contributed by atoms with E-state index in [9.17, 15) is 4.21 Å². The Bertz CT molecular complexity index is 372. The van der Waals surface area contributed by atoms with Crippen molar-refractivity contribution in [3.8, 4) is 6.07 Å².